The maximum Gasteiger partial charge on any atom is 0.414 e. The van der Waals surface area contributed by atoms with Gasteiger partial charge < -0.3 is 20.1 Å². The standard InChI is InChI=1S/C24H24N4O7S/c1-34-14-13-25-24(31)35-21-12-9-19(16-26-21)23(30)28-36(32,33)20-10-7-18(8-11-20)22(29)27-15-17-5-3-2-4-6-17/h2-12,16H,13-15H2,1H3,(H,25,31)(H,27,29)(H,28,30). The summed E-state index contributed by atoms with van der Waals surface area (Å²) in [5.41, 5.74) is 1.12. The van der Waals surface area contributed by atoms with Gasteiger partial charge in [-0.3, -0.25) is 9.59 Å². The van der Waals surface area contributed by atoms with Crippen LogP contribution in [0.5, 0.6) is 5.88 Å². The molecule has 188 valence electrons. The van der Waals surface area contributed by atoms with Crippen molar-refractivity contribution >= 4 is 27.9 Å². The zero-order valence-electron chi connectivity index (χ0n) is 19.3. The molecule has 0 aliphatic heterocycles. The molecule has 0 atom stereocenters. The van der Waals surface area contributed by atoms with Crippen molar-refractivity contribution in [1.29, 1.82) is 0 Å². The van der Waals surface area contributed by atoms with Crippen LogP contribution in [0.15, 0.2) is 77.8 Å². The topological polar surface area (TPSA) is 153 Å². The van der Waals surface area contributed by atoms with Crippen molar-refractivity contribution in [2.45, 2.75) is 11.4 Å². The van der Waals surface area contributed by atoms with Gasteiger partial charge in [0, 0.05) is 38.0 Å². The van der Waals surface area contributed by atoms with E-state index in [4.69, 9.17) is 9.47 Å². The van der Waals surface area contributed by atoms with Crippen LogP contribution < -0.4 is 20.1 Å². The Bertz CT molecular complexity index is 1300. The monoisotopic (exact) mass is 512 g/mol. The van der Waals surface area contributed by atoms with Crippen LogP contribution in [0.25, 0.3) is 0 Å². The average Bonchev–Trinajstić information content (AvgIpc) is 2.88. The highest BCUT2D eigenvalue weighted by molar-refractivity contribution is 7.90. The lowest BCUT2D eigenvalue weighted by molar-refractivity contribution is 0.0948. The summed E-state index contributed by atoms with van der Waals surface area (Å²) in [7, 11) is -2.73. The summed E-state index contributed by atoms with van der Waals surface area (Å²) in [6.45, 7) is 0.874. The summed E-state index contributed by atoms with van der Waals surface area (Å²) in [4.78, 5) is 40.0. The number of hydrogen-bond donors (Lipinski definition) is 3. The van der Waals surface area contributed by atoms with Crippen LogP contribution in [0.4, 0.5) is 4.79 Å². The highest BCUT2D eigenvalue weighted by Crippen LogP contribution is 2.13. The van der Waals surface area contributed by atoms with Crippen LogP contribution in [0.3, 0.4) is 0 Å². The molecule has 3 rings (SSSR count). The highest BCUT2D eigenvalue weighted by atomic mass is 32.2. The smallest absolute Gasteiger partial charge is 0.391 e. The van der Waals surface area contributed by atoms with Crippen molar-refractivity contribution in [3.8, 4) is 5.88 Å². The predicted molar refractivity (Wildman–Crippen MR) is 129 cm³/mol. The number of carbonyl (C=O) groups is 3. The number of ether oxygens (including phenoxy) is 2. The maximum atomic E-state index is 12.6. The number of nitrogens with one attached hydrogen (secondary N) is 3. The molecule has 0 radical (unpaired) electrons. The zero-order valence-corrected chi connectivity index (χ0v) is 20.1. The molecule has 2 aromatic carbocycles. The zero-order chi connectivity index (χ0) is 26.0. The molecule has 1 heterocycles. The average molecular weight is 513 g/mol. The van der Waals surface area contributed by atoms with E-state index in [1.165, 1.54) is 43.5 Å². The van der Waals surface area contributed by atoms with E-state index in [2.05, 4.69) is 15.6 Å². The van der Waals surface area contributed by atoms with Gasteiger partial charge in [0.2, 0.25) is 5.88 Å². The molecule has 3 aromatic rings. The fourth-order valence-corrected chi connectivity index (χ4v) is 3.84. The van der Waals surface area contributed by atoms with Gasteiger partial charge in [0.05, 0.1) is 17.1 Å². The molecule has 0 saturated heterocycles. The van der Waals surface area contributed by atoms with Crippen molar-refractivity contribution in [2.75, 3.05) is 20.3 Å². The van der Waals surface area contributed by atoms with Crippen LogP contribution in [0.1, 0.15) is 26.3 Å². The van der Waals surface area contributed by atoms with Gasteiger partial charge >= 0.3 is 6.09 Å². The molecule has 3 amide bonds. The summed E-state index contributed by atoms with van der Waals surface area (Å²) >= 11 is 0. The Morgan fingerprint density at radius 3 is 2.19 bits per heavy atom. The van der Waals surface area contributed by atoms with Gasteiger partial charge in [-0.05, 0) is 35.9 Å². The van der Waals surface area contributed by atoms with E-state index in [0.717, 1.165) is 11.8 Å². The first-order valence-corrected chi connectivity index (χ1v) is 12.2. The molecular formula is C24H24N4O7S. The van der Waals surface area contributed by atoms with Crippen LogP contribution in [-0.4, -0.2) is 51.6 Å². The van der Waals surface area contributed by atoms with Crippen molar-refractivity contribution < 1.29 is 32.3 Å². The first kappa shape index (κ1) is 26.3. The van der Waals surface area contributed by atoms with Crippen molar-refractivity contribution in [1.82, 2.24) is 20.3 Å². The maximum absolute atomic E-state index is 12.6. The number of methoxy groups -OCH3 is 1. The second-order valence-corrected chi connectivity index (χ2v) is 9.00. The fraction of sp³-hybridized carbons (Fsp3) is 0.167. The summed E-state index contributed by atoms with van der Waals surface area (Å²) in [6, 6.07) is 17.0. The minimum Gasteiger partial charge on any atom is -0.391 e. The first-order valence-electron chi connectivity index (χ1n) is 10.7. The van der Waals surface area contributed by atoms with Crippen LogP contribution in [-0.2, 0) is 21.3 Å². The largest absolute Gasteiger partial charge is 0.414 e. The SMILES string of the molecule is COCCNC(=O)Oc1ccc(C(=O)NS(=O)(=O)c2ccc(C(=O)NCc3ccccc3)cc2)cn1. The Labute approximate surface area is 207 Å². The fourth-order valence-electron chi connectivity index (χ4n) is 2.87. The van der Waals surface area contributed by atoms with Gasteiger partial charge in [0.25, 0.3) is 21.8 Å². The van der Waals surface area contributed by atoms with Crippen molar-refractivity contribution in [2.24, 2.45) is 0 Å². The number of carbonyl (C=O) groups excluding carboxylic acids is 3. The molecule has 0 saturated carbocycles. The molecule has 0 aliphatic rings. The minimum atomic E-state index is -4.21. The van der Waals surface area contributed by atoms with Gasteiger partial charge in [-0.15, -0.1) is 0 Å². The van der Waals surface area contributed by atoms with E-state index >= 15 is 0 Å². The Balaban J connectivity index is 1.56. The highest BCUT2D eigenvalue weighted by Gasteiger charge is 2.20. The third kappa shape index (κ3) is 7.61. The summed E-state index contributed by atoms with van der Waals surface area (Å²) in [6.07, 6.45) is 0.319. The van der Waals surface area contributed by atoms with Crippen LogP contribution >= 0.6 is 0 Å². The van der Waals surface area contributed by atoms with E-state index in [-0.39, 0.29) is 34.4 Å². The molecule has 0 fully saturated rings. The number of amides is 3. The number of aromatic nitrogens is 1. The summed E-state index contributed by atoms with van der Waals surface area (Å²) in [5.74, 6) is -1.37. The van der Waals surface area contributed by atoms with Crippen LogP contribution in [0.2, 0.25) is 0 Å². The van der Waals surface area contributed by atoms with Gasteiger partial charge in [-0.2, -0.15) is 0 Å². The molecule has 0 spiro atoms. The molecule has 11 nitrogen and oxygen atoms in total. The molecule has 36 heavy (non-hydrogen) atoms. The number of nitrogens with zero attached hydrogens (tertiary/aromatic N) is 1. The molecule has 3 N–H and O–H groups in total. The normalized spacial score (nSPS) is 10.8. The van der Waals surface area contributed by atoms with Crippen molar-refractivity contribution in [3.63, 3.8) is 0 Å². The lowest BCUT2D eigenvalue weighted by atomic mass is 10.2. The molecule has 0 aliphatic carbocycles. The van der Waals surface area contributed by atoms with E-state index in [1.807, 2.05) is 35.1 Å². The molecular weight excluding hydrogens is 488 g/mol. The molecule has 0 bridgehead atoms. The quantitative estimate of drug-likeness (QED) is 0.348. The van der Waals surface area contributed by atoms with E-state index in [1.54, 1.807) is 0 Å². The Morgan fingerprint density at radius 1 is 0.861 bits per heavy atom. The Kier molecular flexibility index (Phi) is 9.08. The predicted octanol–water partition coefficient (Wildman–Crippen LogP) is 1.87. The van der Waals surface area contributed by atoms with Gasteiger partial charge in [0.1, 0.15) is 0 Å². The number of rotatable bonds is 10. The van der Waals surface area contributed by atoms with E-state index in [0.29, 0.717) is 13.2 Å². The second kappa shape index (κ2) is 12.4. The number of sulfonamides is 1. The Morgan fingerprint density at radius 2 is 1.56 bits per heavy atom. The third-order valence-corrected chi connectivity index (χ3v) is 6.07. The number of pyridine rings is 1. The Hall–Kier alpha value is -4.29. The summed E-state index contributed by atoms with van der Waals surface area (Å²) < 4.78 is 36.9. The van der Waals surface area contributed by atoms with Gasteiger partial charge in [-0.25, -0.2) is 22.9 Å². The van der Waals surface area contributed by atoms with E-state index < -0.39 is 22.0 Å². The molecule has 1 aromatic heterocycles. The number of benzene rings is 2. The lowest BCUT2D eigenvalue weighted by Crippen LogP contribution is -2.31. The van der Waals surface area contributed by atoms with E-state index in [9.17, 15) is 22.8 Å². The lowest BCUT2D eigenvalue weighted by Gasteiger charge is -2.09. The summed E-state index contributed by atoms with van der Waals surface area (Å²) in [5, 5.41) is 5.18. The van der Waals surface area contributed by atoms with Crippen LogP contribution in [0, 0.1) is 0 Å². The van der Waals surface area contributed by atoms with Gasteiger partial charge in [0.15, 0.2) is 0 Å². The molecule has 12 heteroatoms. The third-order valence-electron chi connectivity index (χ3n) is 4.72. The number of hydrogen-bond acceptors (Lipinski definition) is 8. The van der Waals surface area contributed by atoms with Gasteiger partial charge in [-0.1, -0.05) is 30.3 Å². The second-order valence-electron chi connectivity index (χ2n) is 7.32. The minimum absolute atomic E-state index is 0.0670. The first-order chi connectivity index (χ1) is 17.3. The van der Waals surface area contributed by atoms with Crippen molar-refractivity contribution in [3.05, 3.63) is 89.6 Å². The molecule has 0 unspecified atom stereocenters.